The van der Waals surface area contributed by atoms with E-state index in [4.69, 9.17) is 9.68 Å². The fourth-order valence-corrected chi connectivity index (χ4v) is 2.39. The Bertz CT molecular complexity index is 610. The largest absolute Gasteiger partial charge is 0.444 e. The van der Waals surface area contributed by atoms with Crippen molar-refractivity contribution in [2.75, 3.05) is 0 Å². The molecule has 1 aromatic carbocycles. The molecule has 2 aromatic rings. The molecule has 0 saturated heterocycles. The molecule has 0 spiro atoms. The third-order valence-electron chi connectivity index (χ3n) is 2.53. The highest BCUT2D eigenvalue weighted by molar-refractivity contribution is 9.10. The van der Waals surface area contributed by atoms with Crippen LogP contribution in [0.3, 0.4) is 0 Å². The van der Waals surface area contributed by atoms with E-state index < -0.39 is 0 Å². The van der Waals surface area contributed by atoms with Gasteiger partial charge in [-0.2, -0.15) is 5.26 Å². The monoisotopic (exact) mass is 295 g/mol. The first-order valence-electron chi connectivity index (χ1n) is 5.33. The maximum Gasteiger partial charge on any atom is 0.208 e. The number of halogens is 2. The highest BCUT2D eigenvalue weighted by Gasteiger charge is 2.17. The van der Waals surface area contributed by atoms with E-state index in [0.717, 1.165) is 5.56 Å². The fraction of sp³-hybridized carbons (Fsp3) is 0.308. The molecule has 0 radical (unpaired) electrons. The van der Waals surface area contributed by atoms with Gasteiger partial charge in [0.05, 0.1) is 4.47 Å². The van der Waals surface area contributed by atoms with Crippen LogP contribution in [0.25, 0.3) is 11.0 Å². The van der Waals surface area contributed by atoms with Crippen LogP contribution in [0.5, 0.6) is 0 Å². The van der Waals surface area contributed by atoms with Gasteiger partial charge in [-0.25, -0.2) is 4.39 Å². The van der Waals surface area contributed by atoms with Gasteiger partial charge in [0.15, 0.2) is 5.58 Å². The van der Waals surface area contributed by atoms with Crippen LogP contribution in [-0.2, 0) is 6.42 Å². The summed E-state index contributed by atoms with van der Waals surface area (Å²) in [5.41, 5.74) is 1.33. The lowest BCUT2D eigenvalue weighted by atomic mass is 10.00. The van der Waals surface area contributed by atoms with Gasteiger partial charge in [0, 0.05) is 10.9 Å². The van der Waals surface area contributed by atoms with Crippen molar-refractivity contribution in [2.24, 2.45) is 5.92 Å². The van der Waals surface area contributed by atoms with Crippen LogP contribution in [-0.4, -0.2) is 0 Å². The van der Waals surface area contributed by atoms with E-state index in [2.05, 4.69) is 15.9 Å². The number of nitriles is 1. The van der Waals surface area contributed by atoms with Crippen molar-refractivity contribution in [1.82, 2.24) is 0 Å². The standard InChI is InChI=1S/C13H11BrFNO/c1-7(2)3-9-10-4-8(15)5-11(14)13(10)17-12(9)6-16/h4-5,7H,3H2,1-2H3. The first-order valence-corrected chi connectivity index (χ1v) is 6.12. The van der Waals surface area contributed by atoms with Crippen molar-refractivity contribution < 1.29 is 8.81 Å². The first-order chi connectivity index (χ1) is 8.02. The van der Waals surface area contributed by atoms with Crippen molar-refractivity contribution in [3.8, 4) is 6.07 Å². The molecule has 2 nitrogen and oxygen atoms in total. The summed E-state index contributed by atoms with van der Waals surface area (Å²) >= 11 is 3.25. The zero-order chi connectivity index (χ0) is 12.6. The summed E-state index contributed by atoms with van der Waals surface area (Å²) in [6, 6.07) is 4.79. The molecule has 1 aromatic heterocycles. The zero-order valence-corrected chi connectivity index (χ0v) is 11.1. The molecule has 88 valence electrons. The second kappa shape index (κ2) is 4.50. The molecule has 2 rings (SSSR count). The van der Waals surface area contributed by atoms with Gasteiger partial charge >= 0.3 is 0 Å². The molecule has 0 aliphatic rings. The maximum atomic E-state index is 13.4. The number of nitrogens with zero attached hydrogens (tertiary/aromatic N) is 1. The Balaban J connectivity index is 2.75. The minimum absolute atomic E-state index is 0.278. The van der Waals surface area contributed by atoms with Crippen LogP contribution < -0.4 is 0 Å². The van der Waals surface area contributed by atoms with Crippen LogP contribution in [0.1, 0.15) is 25.2 Å². The van der Waals surface area contributed by atoms with Crippen LogP contribution in [0.2, 0.25) is 0 Å². The van der Waals surface area contributed by atoms with Crippen LogP contribution in [0.15, 0.2) is 21.0 Å². The number of rotatable bonds is 2. The summed E-state index contributed by atoms with van der Waals surface area (Å²) < 4.78 is 19.4. The SMILES string of the molecule is CC(C)Cc1c(C#N)oc2c(Br)cc(F)cc12. The minimum atomic E-state index is -0.334. The number of benzene rings is 1. The Hall–Kier alpha value is -1.34. The second-order valence-electron chi connectivity index (χ2n) is 4.38. The Kier molecular flexibility index (Phi) is 3.21. The average Bonchev–Trinajstić information content (AvgIpc) is 2.56. The molecule has 0 saturated carbocycles. The van der Waals surface area contributed by atoms with Crippen molar-refractivity contribution in [2.45, 2.75) is 20.3 Å². The molecule has 0 bridgehead atoms. The lowest BCUT2D eigenvalue weighted by molar-refractivity contribution is 0.577. The van der Waals surface area contributed by atoms with E-state index in [0.29, 0.717) is 27.8 Å². The molecule has 0 atom stereocenters. The third kappa shape index (κ3) is 2.20. The van der Waals surface area contributed by atoms with Crippen LogP contribution >= 0.6 is 15.9 Å². The normalized spacial score (nSPS) is 11.1. The van der Waals surface area contributed by atoms with Gasteiger partial charge in [0.1, 0.15) is 11.9 Å². The van der Waals surface area contributed by atoms with Gasteiger partial charge in [0.25, 0.3) is 0 Å². The molecule has 1 heterocycles. The lowest BCUT2D eigenvalue weighted by Crippen LogP contribution is -1.95. The number of hydrogen-bond donors (Lipinski definition) is 0. The van der Waals surface area contributed by atoms with E-state index in [-0.39, 0.29) is 11.6 Å². The Morgan fingerprint density at radius 2 is 2.18 bits per heavy atom. The van der Waals surface area contributed by atoms with Gasteiger partial charge in [0.2, 0.25) is 5.76 Å². The van der Waals surface area contributed by atoms with E-state index in [1.54, 1.807) is 0 Å². The number of fused-ring (bicyclic) bond motifs is 1. The summed E-state index contributed by atoms with van der Waals surface area (Å²) in [7, 11) is 0. The lowest BCUT2D eigenvalue weighted by Gasteiger charge is -2.02. The van der Waals surface area contributed by atoms with Gasteiger partial charge in [-0.1, -0.05) is 13.8 Å². The molecule has 0 amide bonds. The summed E-state index contributed by atoms with van der Waals surface area (Å²) in [6.45, 7) is 4.10. The van der Waals surface area contributed by atoms with Crippen molar-refractivity contribution in [1.29, 1.82) is 5.26 Å². The molecular formula is C13H11BrFNO. The van der Waals surface area contributed by atoms with E-state index in [1.165, 1.54) is 12.1 Å². The summed E-state index contributed by atoms with van der Waals surface area (Å²) in [5, 5.41) is 9.72. The van der Waals surface area contributed by atoms with Crippen molar-refractivity contribution >= 4 is 26.9 Å². The molecule has 0 fully saturated rings. The van der Waals surface area contributed by atoms with Gasteiger partial charge in [-0.05, 0) is 40.4 Å². The zero-order valence-electron chi connectivity index (χ0n) is 9.55. The van der Waals surface area contributed by atoms with E-state index in [9.17, 15) is 4.39 Å². The quantitative estimate of drug-likeness (QED) is 0.823. The number of furan rings is 1. The van der Waals surface area contributed by atoms with Gasteiger partial charge in [-0.15, -0.1) is 0 Å². The van der Waals surface area contributed by atoms with E-state index in [1.807, 2.05) is 19.9 Å². The molecule has 4 heteroatoms. The third-order valence-corrected chi connectivity index (χ3v) is 3.11. The predicted molar refractivity (Wildman–Crippen MR) is 67.1 cm³/mol. The topological polar surface area (TPSA) is 36.9 Å². The second-order valence-corrected chi connectivity index (χ2v) is 5.24. The minimum Gasteiger partial charge on any atom is -0.444 e. The fourth-order valence-electron chi connectivity index (χ4n) is 1.88. The number of hydrogen-bond acceptors (Lipinski definition) is 2. The summed E-state index contributed by atoms with van der Waals surface area (Å²) in [5.74, 6) is 0.324. The van der Waals surface area contributed by atoms with Gasteiger partial charge in [-0.3, -0.25) is 0 Å². The van der Waals surface area contributed by atoms with Crippen LogP contribution in [0, 0.1) is 23.1 Å². The first kappa shape index (κ1) is 12.1. The molecule has 0 aliphatic carbocycles. The Labute approximate surface area is 107 Å². The molecule has 0 N–H and O–H groups in total. The van der Waals surface area contributed by atoms with E-state index >= 15 is 0 Å². The maximum absolute atomic E-state index is 13.4. The molecule has 0 aliphatic heterocycles. The highest BCUT2D eigenvalue weighted by atomic mass is 79.9. The Morgan fingerprint density at radius 1 is 1.47 bits per heavy atom. The smallest absolute Gasteiger partial charge is 0.208 e. The summed E-state index contributed by atoms with van der Waals surface area (Å²) in [6.07, 6.45) is 0.700. The predicted octanol–water partition coefficient (Wildman–Crippen LogP) is 4.40. The molecule has 17 heavy (non-hydrogen) atoms. The Morgan fingerprint density at radius 3 is 2.76 bits per heavy atom. The molecule has 0 unspecified atom stereocenters. The van der Waals surface area contributed by atoms with Crippen molar-refractivity contribution in [3.63, 3.8) is 0 Å². The average molecular weight is 296 g/mol. The van der Waals surface area contributed by atoms with Crippen molar-refractivity contribution in [3.05, 3.63) is 33.7 Å². The highest BCUT2D eigenvalue weighted by Crippen LogP contribution is 2.33. The molecular weight excluding hydrogens is 285 g/mol. The summed E-state index contributed by atoms with van der Waals surface area (Å²) in [4.78, 5) is 0. The van der Waals surface area contributed by atoms with Gasteiger partial charge < -0.3 is 4.42 Å². The van der Waals surface area contributed by atoms with Crippen LogP contribution in [0.4, 0.5) is 4.39 Å².